The summed E-state index contributed by atoms with van der Waals surface area (Å²) in [5.74, 6) is -3.73. The van der Waals surface area contributed by atoms with Crippen molar-refractivity contribution in [1.82, 2.24) is 0 Å². The van der Waals surface area contributed by atoms with Crippen molar-refractivity contribution in [2.24, 2.45) is 23.7 Å². The molecule has 6 unspecified atom stereocenters. The molecule has 1 aliphatic heterocycles. The number of nitrogens with zero attached hydrogens (tertiary/aromatic N) is 1. The molecule has 0 radical (unpaired) electrons. The number of amides is 2. The number of carbonyl (C=O) groups excluding carboxylic acids is 4. The van der Waals surface area contributed by atoms with Crippen molar-refractivity contribution in [3.8, 4) is 17.2 Å². The van der Waals surface area contributed by atoms with Gasteiger partial charge in [0.2, 0.25) is 11.8 Å². The zero-order valence-corrected chi connectivity index (χ0v) is 33.1. The van der Waals surface area contributed by atoms with Crippen molar-refractivity contribution in [3.05, 3.63) is 172 Å². The van der Waals surface area contributed by atoms with Gasteiger partial charge in [-0.1, -0.05) is 108 Å². The van der Waals surface area contributed by atoms with Crippen LogP contribution in [0.5, 0.6) is 17.2 Å². The highest BCUT2D eigenvalue weighted by molar-refractivity contribution is 6.32. The number of hydrogen-bond donors (Lipinski definition) is 1. The van der Waals surface area contributed by atoms with E-state index in [9.17, 15) is 14.7 Å². The Morgan fingerprint density at radius 3 is 2.22 bits per heavy atom. The molecule has 3 aliphatic carbocycles. The highest BCUT2D eigenvalue weighted by atomic mass is 35.5. The lowest BCUT2D eigenvalue weighted by atomic mass is 9.44. The number of benzene rings is 5. The number of anilines is 1. The summed E-state index contributed by atoms with van der Waals surface area (Å²) in [6.07, 6.45) is 7.66. The van der Waals surface area contributed by atoms with Gasteiger partial charge in [0, 0.05) is 33.6 Å². The van der Waals surface area contributed by atoms with Crippen LogP contribution in [0.4, 0.5) is 5.69 Å². The fourth-order valence-corrected chi connectivity index (χ4v) is 10.3. The maximum absolute atomic E-state index is 15.2. The quantitative estimate of drug-likeness (QED) is 0.0947. The van der Waals surface area contributed by atoms with Gasteiger partial charge in [-0.2, -0.15) is 0 Å². The van der Waals surface area contributed by atoms with Crippen LogP contribution in [0.2, 0.25) is 5.02 Å². The maximum Gasteiger partial charge on any atom is 0.238 e. The topological polar surface area (TPSA) is 110 Å². The average molecular weight is 802 g/mol. The molecule has 9 heteroatoms. The average Bonchev–Trinajstić information content (AvgIpc) is 3.53. The Hall–Kier alpha value is -6.51. The minimum atomic E-state index is -1.47. The number of ether oxygens (including phenoxy) is 2. The van der Waals surface area contributed by atoms with Crippen molar-refractivity contribution in [2.75, 3.05) is 19.1 Å². The summed E-state index contributed by atoms with van der Waals surface area (Å²) in [5.41, 5.74) is 3.34. The van der Waals surface area contributed by atoms with Crippen LogP contribution in [0, 0.1) is 23.7 Å². The number of aromatic hydroxyl groups is 1. The SMILES string of the molecule is COc1ccc(OC)c(C=Cc2ccc(N3C(=O)C4CC=C5C(CC6C(=O)C(c7ccccc7)=CC(=O)C6(c6ccccc6)C5c5cc(Cl)ccc5O)C4C3=O)cc2)c1. The summed E-state index contributed by atoms with van der Waals surface area (Å²) < 4.78 is 10.9. The van der Waals surface area contributed by atoms with Crippen molar-refractivity contribution in [1.29, 1.82) is 0 Å². The molecule has 1 heterocycles. The summed E-state index contributed by atoms with van der Waals surface area (Å²) in [5, 5.41) is 12.0. The normalized spacial score (nSPS) is 24.9. The first kappa shape index (κ1) is 38.0. The van der Waals surface area contributed by atoms with Crippen LogP contribution in [0.25, 0.3) is 17.7 Å². The van der Waals surface area contributed by atoms with Gasteiger partial charge in [0.05, 0.1) is 37.2 Å². The number of Topliss-reactive ketones (excluding diaryl/α,β-unsaturated/α-hetero) is 1. The lowest BCUT2D eigenvalue weighted by Crippen LogP contribution is -2.58. The Morgan fingerprint density at radius 2 is 1.51 bits per heavy atom. The molecule has 1 saturated carbocycles. The third-order valence-electron chi connectivity index (χ3n) is 12.7. The summed E-state index contributed by atoms with van der Waals surface area (Å²) in [7, 11) is 3.21. The minimum Gasteiger partial charge on any atom is -0.508 e. The van der Waals surface area contributed by atoms with Gasteiger partial charge < -0.3 is 14.6 Å². The van der Waals surface area contributed by atoms with Crippen LogP contribution in [-0.4, -0.2) is 42.7 Å². The van der Waals surface area contributed by atoms with Gasteiger partial charge >= 0.3 is 0 Å². The number of carbonyl (C=O) groups is 4. The zero-order chi connectivity index (χ0) is 41.0. The number of fused-ring (bicyclic) bond motifs is 4. The van der Waals surface area contributed by atoms with Crippen molar-refractivity contribution in [3.63, 3.8) is 0 Å². The van der Waals surface area contributed by atoms with Crippen LogP contribution in [0.15, 0.2) is 139 Å². The monoisotopic (exact) mass is 801 g/mol. The predicted molar refractivity (Wildman–Crippen MR) is 227 cm³/mol. The molecule has 1 N–H and O–H groups in total. The molecule has 9 rings (SSSR count). The highest BCUT2D eigenvalue weighted by Crippen LogP contribution is 2.64. The number of ketones is 2. The number of rotatable bonds is 8. The second-order valence-corrected chi connectivity index (χ2v) is 16.0. The molecule has 0 aromatic heterocycles. The summed E-state index contributed by atoms with van der Waals surface area (Å²) in [4.78, 5) is 60.9. The maximum atomic E-state index is 15.2. The Kier molecular flexibility index (Phi) is 9.68. The Labute approximate surface area is 347 Å². The van der Waals surface area contributed by atoms with E-state index < -0.39 is 35.0 Å². The van der Waals surface area contributed by atoms with E-state index in [1.54, 1.807) is 38.5 Å². The van der Waals surface area contributed by atoms with E-state index in [-0.39, 0.29) is 42.0 Å². The summed E-state index contributed by atoms with van der Waals surface area (Å²) in [6, 6.07) is 35.9. The van der Waals surface area contributed by atoms with Crippen LogP contribution in [0.3, 0.4) is 0 Å². The first-order valence-corrected chi connectivity index (χ1v) is 20.0. The molecule has 6 atom stereocenters. The number of phenols is 1. The molecule has 5 aromatic rings. The van der Waals surface area contributed by atoms with Crippen LogP contribution < -0.4 is 14.4 Å². The van der Waals surface area contributed by atoms with E-state index in [0.717, 1.165) is 16.7 Å². The van der Waals surface area contributed by atoms with E-state index in [1.165, 1.54) is 17.0 Å². The zero-order valence-electron chi connectivity index (χ0n) is 32.4. The minimum absolute atomic E-state index is 0.0790. The third kappa shape index (κ3) is 6.13. The summed E-state index contributed by atoms with van der Waals surface area (Å²) >= 11 is 6.64. The van der Waals surface area contributed by atoms with Gasteiger partial charge in [0.15, 0.2) is 11.6 Å². The van der Waals surface area contributed by atoms with Gasteiger partial charge in [-0.3, -0.25) is 24.1 Å². The van der Waals surface area contributed by atoms with Gasteiger partial charge in [0.25, 0.3) is 0 Å². The molecule has 8 nitrogen and oxygen atoms in total. The molecule has 1 saturated heterocycles. The van der Waals surface area contributed by atoms with Gasteiger partial charge in [-0.05, 0) is 90.1 Å². The van der Waals surface area contributed by atoms with Crippen molar-refractivity contribution >= 4 is 58.4 Å². The number of halogens is 1. The molecule has 5 aromatic carbocycles. The molecule has 2 fully saturated rings. The molecule has 0 spiro atoms. The number of allylic oxidation sites excluding steroid dienone is 4. The Morgan fingerprint density at radius 1 is 0.780 bits per heavy atom. The van der Waals surface area contributed by atoms with Crippen LogP contribution >= 0.6 is 11.6 Å². The molecular formula is C50H40ClNO7. The second-order valence-electron chi connectivity index (χ2n) is 15.5. The standard InChI is InChI=1S/C50H40ClNO7/c1-58-35-20-24-43(59-2)31(25-35)16-13-29-14-18-34(19-15-29)52-48(56)37-22-21-36-39(45(37)49(52)57)27-41-47(55)38(30-9-5-3-6-10-30)28-44(54)50(41,32-11-7-4-8-12-32)46(36)40-26-33(51)17-23-42(40)53/h3-21,23-26,28,37,39,41,45-46,53H,22,27H2,1-2H3. The van der Waals surface area contributed by atoms with Crippen molar-refractivity contribution < 1.29 is 33.8 Å². The number of imide groups is 1. The van der Waals surface area contributed by atoms with E-state index in [1.807, 2.05) is 109 Å². The highest BCUT2D eigenvalue weighted by Gasteiger charge is 2.66. The fraction of sp³-hybridized carbons (Fsp3) is 0.200. The predicted octanol–water partition coefficient (Wildman–Crippen LogP) is 9.26. The van der Waals surface area contributed by atoms with Gasteiger partial charge in [-0.25, -0.2) is 0 Å². The molecular weight excluding hydrogens is 762 g/mol. The third-order valence-corrected chi connectivity index (χ3v) is 13.0. The summed E-state index contributed by atoms with van der Waals surface area (Å²) in [6.45, 7) is 0. The number of hydrogen-bond acceptors (Lipinski definition) is 7. The van der Waals surface area contributed by atoms with E-state index in [4.69, 9.17) is 21.1 Å². The Balaban J connectivity index is 1.13. The second kappa shape index (κ2) is 15.0. The van der Waals surface area contributed by atoms with Gasteiger partial charge in [0.1, 0.15) is 17.2 Å². The molecule has 294 valence electrons. The van der Waals surface area contributed by atoms with E-state index in [0.29, 0.717) is 44.5 Å². The largest absolute Gasteiger partial charge is 0.508 e. The molecule has 2 amide bonds. The number of methoxy groups -OCH3 is 2. The smallest absolute Gasteiger partial charge is 0.238 e. The van der Waals surface area contributed by atoms with Crippen LogP contribution in [-0.2, 0) is 24.6 Å². The first-order chi connectivity index (χ1) is 28.6. The molecule has 0 bridgehead atoms. The molecule has 59 heavy (non-hydrogen) atoms. The lowest BCUT2D eigenvalue weighted by molar-refractivity contribution is -0.135. The Bertz CT molecular complexity index is 2620. The number of phenolic OH excluding ortho intramolecular Hbond substituents is 1. The fourth-order valence-electron chi connectivity index (χ4n) is 10.1. The van der Waals surface area contributed by atoms with Crippen molar-refractivity contribution in [2.45, 2.75) is 24.2 Å². The van der Waals surface area contributed by atoms with Crippen LogP contribution in [0.1, 0.15) is 46.6 Å². The molecule has 4 aliphatic rings. The van der Waals surface area contributed by atoms with E-state index in [2.05, 4.69) is 0 Å². The lowest BCUT2D eigenvalue weighted by Gasteiger charge is -2.55. The van der Waals surface area contributed by atoms with E-state index >= 15 is 9.59 Å². The van der Waals surface area contributed by atoms with Gasteiger partial charge in [-0.15, -0.1) is 0 Å². The first-order valence-electron chi connectivity index (χ1n) is 19.6.